The topological polar surface area (TPSA) is 144 Å². The number of aliphatic hydroxyl groups is 3. The zero-order valence-electron chi connectivity index (χ0n) is 39.5. The number of nitrogens with one attached hydrogen (secondary N) is 4. The molecular formula is C53H80ClFN4O6. The van der Waals surface area contributed by atoms with Gasteiger partial charge in [0.2, 0.25) is 5.91 Å². The van der Waals surface area contributed by atoms with Crippen molar-refractivity contribution < 1.29 is 34.0 Å². The van der Waals surface area contributed by atoms with E-state index in [-0.39, 0.29) is 23.6 Å². The smallest absolute Gasteiger partial charge is 0.216 e. The molecule has 12 heteroatoms. The lowest BCUT2D eigenvalue weighted by atomic mass is 9.74. The lowest BCUT2D eigenvalue weighted by Crippen LogP contribution is -2.45. The number of piperidine rings is 3. The van der Waals surface area contributed by atoms with Crippen LogP contribution in [0.2, 0.25) is 5.02 Å². The number of hydrogen-bond donors (Lipinski definition) is 7. The van der Waals surface area contributed by atoms with Crippen LogP contribution in [0.5, 0.6) is 5.75 Å². The fraction of sp³-hybridized carbons (Fsp3) is 0.642. The van der Waals surface area contributed by atoms with Crippen LogP contribution in [0, 0.1) is 29.5 Å². The van der Waals surface area contributed by atoms with Crippen molar-refractivity contribution in [2.45, 2.75) is 126 Å². The van der Waals surface area contributed by atoms with E-state index in [2.05, 4.69) is 21.3 Å². The summed E-state index contributed by atoms with van der Waals surface area (Å²) in [6.07, 6.45) is 16.0. The van der Waals surface area contributed by atoms with Gasteiger partial charge in [0.05, 0.1) is 23.9 Å². The molecule has 3 heterocycles. The van der Waals surface area contributed by atoms with Crippen LogP contribution in [0.15, 0.2) is 72.8 Å². The summed E-state index contributed by atoms with van der Waals surface area (Å²) in [5.41, 5.74) is -0.385. The number of amides is 1. The average molecular weight is 924 g/mol. The Kier molecular flexibility index (Phi) is 22.0. The largest absolute Gasteiger partial charge is 0.497 e. The Morgan fingerprint density at radius 1 is 0.708 bits per heavy atom. The van der Waals surface area contributed by atoms with Crippen molar-refractivity contribution in [3.05, 3.63) is 100 Å². The van der Waals surface area contributed by atoms with Gasteiger partial charge in [-0.15, -0.1) is 0 Å². The normalized spacial score (nSPS) is 22.6. The highest BCUT2D eigenvalue weighted by Crippen LogP contribution is 2.43. The molecule has 10 nitrogen and oxygen atoms in total. The standard InChI is InChI=1S/C18H26ClNO.C18H29NO3.C17H25FN2O2/c19-17-7-1-5-15(12-17)18(21,10-2-4-14-8-9-14)16-6-3-11-20-13-16;1-21-12-4-3-10-18(20,16-8-6-11-19-14-16)15-7-5-9-17(13-15)22-2;1-13(21)20-11-5-9-17(22,14-6-4-10-19-12-14)15-7-2-3-8-16(15)18/h1,5,7,12,14,16,20-21H,2-4,6,8-11,13H2;5,7,9,13,16,19-20H,3-4,6,8,10-12,14H2,1-2H3;2-3,7-8,14,19,22H,4-6,9-12H2,1H3,(H,20,21)/t16-,18?;16-,18-;14-,17+/m011/s1. The molecule has 0 radical (unpaired) electrons. The number of methoxy groups -OCH3 is 2. The monoisotopic (exact) mass is 923 g/mol. The van der Waals surface area contributed by atoms with Crippen molar-refractivity contribution in [3.8, 4) is 5.75 Å². The van der Waals surface area contributed by atoms with Gasteiger partial charge in [0.1, 0.15) is 11.6 Å². The van der Waals surface area contributed by atoms with E-state index in [9.17, 15) is 24.5 Å². The van der Waals surface area contributed by atoms with Crippen molar-refractivity contribution in [2.75, 3.05) is 66.6 Å². The zero-order chi connectivity index (χ0) is 46.5. The van der Waals surface area contributed by atoms with Gasteiger partial charge in [0.25, 0.3) is 0 Å². The van der Waals surface area contributed by atoms with Gasteiger partial charge in [-0.3, -0.25) is 4.79 Å². The molecule has 362 valence electrons. The van der Waals surface area contributed by atoms with Crippen LogP contribution in [-0.4, -0.2) is 87.9 Å². The lowest BCUT2D eigenvalue weighted by molar-refractivity contribution is -0.119. The van der Waals surface area contributed by atoms with Gasteiger partial charge in [0.15, 0.2) is 0 Å². The van der Waals surface area contributed by atoms with Crippen LogP contribution < -0.4 is 26.0 Å². The molecule has 0 spiro atoms. The summed E-state index contributed by atoms with van der Waals surface area (Å²) in [5, 5.41) is 47.8. The predicted molar refractivity (Wildman–Crippen MR) is 260 cm³/mol. The van der Waals surface area contributed by atoms with Gasteiger partial charge in [-0.1, -0.05) is 73.3 Å². The fourth-order valence-electron chi connectivity index (χ4n) is 10.3. The summed E-state index contributed by atoms with van der Waals surface area (Å²) in [6, 6.07) is 22.2. The Bertz CT molecular complexity index is 1840. The fourth-order valence-corrected chi connectivity index (χ4v) is 10.5. The maximum Gasteiger partial charge on any atom is 0.216 e. The summed E-state index contributed by atoms with van der Waals surface area (Å²) in [4.78, 5) is 11.0. The number of halogens is 2. The minimum Gasteiger partial charge on any atom is -0.497 e. The average Bonchev–Trinajstić information content (AvgIpc) is 4.17. The highest BCUT2D eigenvalue weighted by atomic mass is 35.5. The molecule has 3 saturated heterocycles. The number of ether oxygens (including phenoxy) is 2. The van der Waals surface area contributed by atoms with E-state index in [1.165, 1.54) is 32.3 Å². The van der Waals surface area contributed by atoms with Crippen LogP contribution in [0.4, 0.5) is 4.39 Å². The van der Waals surface area contributed by atoms with E-state index in [0.29, 0.717) is 37.4 Å². The highest BCUT2D eigenvalue weighted by molar-refractivity contribution is 6.30. The molecule has 0 bridgehead atoms. The van der Waals surface area contributed by atoms with E-state index in [4.69, 9.17) is 21.1 Å². The molecule has 3 aromatic rings. The lowest BCUT2D eigenvalue weighted by Gasteiger charge is -2.39. The Morgan fingerprint density at radius 3 is 1.78 bits per heavy atom. The van der Waals surface area contributed by atoms with Crippen molar-refractivity contribution in [3.63, 3.8) is 0 Å². The molecular weight excluding hydrogens is 843 g/mol. The summed E-state index contributed by atoms with van der Waals surface area (Å²) >= 11 is 6.16. The van der Waals surface area contributed by atoms with Crippen LogP contribution in [-0.2, 0) is 26.3 Å². The second-order valence-corrected chi connectivity index (χ2v) is 19.4. The third-order valence-corrected chi connectivity index (χ3v) is 14.5. The predicted octanol–water partition coefficient (Wildman–Crippen LogP) is 8.74. The Hall–Kier alpha value is -3.13. The number of benzene rings is 3. The van der Waals surface area contributed by atoms with Crippen LogP contribution >= 0.6 is 11.6 Å². The maximum atomic E-state index is 14.2. The SMILES string of the molecule is CC(=O)NCCC[C@@](O)(c1ccccc1F)[C@@H]1CCCNC1.COCCCC[C@@](O)(c1cccc(OC)c1)[C@@H]1CCCNC1.OC(CCCC1CC1)(c1cccc(Cl)c1)[C@H]1CCCNC1. The first-order valence-electron chi connectivity index (χ1n) is 24.6. The van der Waals surface area contributed by atoms with E-state index in [1.807, 2.05) is 48.5 Å². The van der Waals surface area contributed by atoms with E-state index >= 15 is 0 Å². The maximum absolute atomic E-state index is 14.2. The first-order valence-corrected chi connectivity index (χ1v) is 25.0. The van der Waals surface area contributed by atoms with Crippen LogP contribution in [0.3, 0.4) is 0 Å². The summed E-state index contributed by atoms with van der Waals surface area (Å²) < 4.78 is 24.7. The third-order valence-electron chi connectivity index (χ3n) is 14.3. The number of carbonyl (C=O) groups excluding carboxylic acids is 1. The summed E-state index contributed by atoms with van der Waals surface area (Å²) in [7, 11) is 3.39. The van der Waals surface area contributed by atoms with Gasteiger partial charge in [-0.25, -0.2) is 4.39 Å². The van der Waals surface area contributed by atoms with Gasteiger partial charge in [0, 0.05) is 75.2 Å². The first kappa shape index (κ1) is 52.8. The highest BCUT2D eigenvalue weighted by Gasteiger charge is 2.42. The number of unbranched alkanes of at least 4 members (excludes halogenated alkanes) is 1. The zero-order valence-corrected chi connectivity index (χ0v) is 40.3. The van der Waals surface area contributed by atoms with E-state index in [0.717, 1.165) is 138 Å². The van der Waals surface area contributed by atoms with Crippen LogP contribution in [0.1, 0.15) is 126 Å². The Labute approximate surface area is 394 Å². The quantitative estimate of drug-likeness (QED) is 0.0554. The third kappa shape index (κ3) is 16.0. The molecule has 7 N–H and O–H groups in total. The molecule has 7 rings (SSSR count). The minimum atomic E-state index is -1.20. The summed E-state index contributed by atoms with van der Waals surface area (Å²) in [6.45, 7) is 8.24. The van der Waals surface area contributed by atoms with Crippen LogP contribution in [0.25, 0.3) is 0 Å². The van der Waals surface area contributed by atoms with E-state index in [1.54, 1.807) is 32.4 Å². The van der Waals surface area contributed by atoms with Gasteiger partial charge in [-0.05, 0) is 150 Å². The van der Waals surface area contributed by atoms with Gasteiger partial charge < -0.3 is 46.1 Å². The molecule has 1 aliphatic carbocycles. The molecule has 3 aromatic carbocycles. The Morgan fingerprint density at radius 2 is 1.26 bits per heavy atom. The molecule has 1 unspecified atom stereocenters. The molecule has 65 heavy (non-hydrogen) atoms. The van der Waals surface area contributed by atoms with Crippen molar-refractivity contribution in [2.24, 2.45) is 23.7 Å². The van der Waals surface area contributed by atoms with Gasteiger partial charge >= 0.3 is 0 Å². The van der Waals surface area contributed by atoms with Crippen molar-refractivity contribution in [1.82, 2.24) is 21.3 Å². The molecule has 1 saturated carbocycles. The van der Waals surface area contributed by atoms with Crippen molar-refractivity contribution in [1.29, 1.82) is 0 Å². The minimum absolute atomic E-state index is 0.0181. The number of hydrogen-bond acceptors (Lipinski definition) is 9. The van der Waals surface area contributed by atoms with Crippen molar-refractivity contribution >= 4 is 17.5 Å². The van der Waals surface area contributed by atoms with E-state index < -0.39 is 16.8 Å². The molecule has 4 aliphatic rings. The summed E-state index contributed by atoms with van der Waals surface area (Å²) in [5.74, 6) is 1.80. The first-order chi connectivity index (χ1) is 31.4. The molecule has 0 aromatic heterocycles. The van der Waals surface area contributed by atoms with Gasteiger partial charge in [-0.2, -0.15) is 0 Å². The molecule has 3 aliphatic heterocycles. The molecule has 4 fully saturated rings. The Balaban J connectivity index is 0.000000183. The molecule has 6 atom stereocenters. The second-order valence-electron chi connectivity index (χ2n) is 19.0. The second kappa shape index (κ2) is 27.0. The molecule has 1 amide bonds. The number of rotatable bonds is 20. The number of carbonyl (C=O) groups is 1.